The maximum absolute atomic E-state index is 14.2. The Bertz CT molecular complexity index is 2070. The molecule has 0 aliphatic carbocycles. The molecule has 1 amide bonds. The summed E-state index contributed by atoms with van der Waals surface area (Å²) in [5.74, 6) is 6.70. The van der Waals surface area contributed by atoms with Crippen molar-refractivity contribution in [3.05, 3.63) is 130 Å². The predicted molar refractivity (Wildman–Crippen MR) is 162 cm³/mol. The quantitative estimate of drug-likeness (QED) is 0.303. The molecular weight excluding hydrogens is 528 g/mol. The zero-order valence-electron chi connectivity index (χ0n) is 22.9. The van der Waals surface area contributed by atoms with Gasteiger partial charge < -0.3 is 15.8 Å². The van der Waals surface area contributed by atoms with E-state index in [1.165, 1.54) is 4.52 Å². The van der Waals surface area contributed by atoms with E-state index in [-0.39, 0.29) is 16.9 Å². The number of carbonyl (C=O) groups excluding carboxylic acids is 1. The minimum atomic E-state index is -0.582. The van der Waals surface area contributed by atoms with Crippen LogP contribution in [0.2, 0.25) is 0 Å². The predicted octanol–water partition coefficient (Wildman–Crippen LogP) is 4.52. The Morgan fingerprint density at radius 1 is 1.00 bits per heavy atom. The van der Waals surface area contributed by atoms with Gasteiger partial charge in [-0.3, -0.25) is 14.2 Å². The number of ether oxygens (including phenoxy) is 1. The van der Waals surface area contributed by atoms with Crippen molar-refractivity contribution < 1.29 is 9.53 Å². The Kier molecular flexibility index (Phi) is 6.87. The van der Waals surface area contributed by atoms with Crippen LogP contribution in [0.15, 0.2) is 102 Å². The third-order valence-corrected chi connectivity index (χ3v) is 6.96. The first-order chi connectivity index (χ1) is 20.4. The van der Waals surface area contributed by atoms with E-state index in [1.54, 1.807) is 30.1 Å². The number of nitrogens with one attached hydrogen (secondary N) is 1. The molecule has 0 fully saturated rings. The lowest BCUT2D eigenvalue weighted by Gasteiger charge is -2.21. The maximum Gasteiger partial charge on any atom is 0.264 e. The summed E-state index contributed by atoms with van der Waals surface area (Å²) in [6, 6.07) is 25.3. The average Bonchev–Trinajstić information content (AvgIpc) is 3.36. The molecule has 3 aromatic carbocycles. The van der Waals surface area contributed by atoms with Crippen LogP contribution in [0.1, 0.15) is 40.1 Å². The molecule has 6 rings (SSSR count). The number of nitrogens with two attached hydrogens (primary N) is 1. The van der Waals surface area contributed by atoms with Crippen LogP contribution in [-0.2, 0) is 0 Å². The van der Waals surface area contributed by atoms with Gasteiger partial charge in [0.2, 0.25) is 0 Å². The van der Waals surface area contributed by atoms with E-state index in [2.05, 4.69) is 27.2 Å². The monoisotopic (exact) mass is 554 g/mol. The van der Waals surface area contributed by atoms with Crippen LogP contribution in [0.25, 0.3) is 22.1 Å². The summed E-state index contributed by atoms with van der Waals surface area (Å²) >= 11 is 0. The summed E-state index contributed by atoms with van der Waals surface area (Å²) in [6.07, 6.45) is 3.24. The molecule has 9 nitrogen and oxygen atoms in total. The summed E-state index contributed by atoms with van der Waals surface area (Å²) in [5.41, 5.74) is 9.01. The molecule has 3 aromatic heterocycles. The minimum Gasteiger partial charge on any atom is -0.497 e. The number of nitrogen functional groups attached to an aromatic ring is 1. The van der Waals surface area contributed by atoms with Crippen LogP contribution >= 0.6 is 0 Å². The van der Waals surface area contributed by atoms with Gasteiger partial charge in [0, 0.05) is 34.9 Å². The van der Waals surface area contributed by atoms with Gasteiger partial charge in [0.25, 0.3) is 11.5 Å². The van der Waals surface area contributed by atoms with Crippen molar-refractivity contribution in [2.75, 3.05) is 12.8 Å². The van der Waals surface area contributed by atoms with Crippen molar-refractivity contribution in [1.29, 1.82) is 0 Å². The van der Waals surface area contributed by atoms with Crippen molar-refractivity contribution in [2.24, 2.45) is 0 Å². The molecule has 3 heterocycles. The third kappa shape index (κ3) is 4.82. The zero-order valence-corrected chi connectivity index (χ0v) is 22.9. The molecule has 6 aromatic rings. The molecule has 0 aliphatic heterocycles. The van der Waals surface area contributed by atoms with Crippen LogP contribution in [0.4, 0.5) is 5.82 Å². The summed E-state index contributed by atoms with van der Waals surface area (Å²) in [6.45, 7) is 1.82. The van der Waals surface area contributed by atoms with E-state index in [0.717, 1.165) is 11.3 Å². The van der Waals surface area contributed by atoms with Gasteiger partial charge in [-0.05, 0) is 66.9 Å². The number of aromatic nitrogens is 4. The van der Waals surface area contributed by atoms with Crippen LogP contribution in [-0.4, -0.2) is 32.2 Å². The highest BCUT2D eigenvalue weighted by atomic mass is 16.5. The SMILES string of the molecule is COc1ccc(C#Cc2cccc3cc(C(C)NC(=O)c4c(N)nn5cccnc45)n(-c4ccccc4)c(=O)c23)cc1. The first-order valence-corrected chi connectivity index (χ1v) is 13.2. The molecule has 206 valence electrons. The molecular formula is C33H26N6O3. The number of para-hydroxylation sites is 1. The first-order valence-electron chi connectivity index (χ1n) is 13.2. The molecule has 0 saturated carbocycles. The molecule has 1 atom stereocenters. The Morgan fingerprint density at radius 2 is 1.79 bits per heavy atom. The summed E-state index contributed by atoms with van der Waals surface area (Å²) < 4.78 is 8.30. The lowest BCUT2D eigenvalue weighted by molar-refractivity contribution is 0.0941. The largest absolute Gasteiger partial charge is 0.497 e. The standard InChI is InChI=1S/C33H26N6O3/c1-21(36-32(40)29-30(34)37-38-19-7-18-35-31(29)38)27-20-24-9-6-8-23(15-12-22-13-16-26(42-2)17-14-22)28(24)33(41)39(27)25-10-4-3-5-11-25/h3-11,13-14,16-21H,1-2H3,(H2,34,37)(H,36,40). The number of nitrogens with zero attached hydrogens (tertiary/aromatic N) is 4. The van der Waals surface area contributed by atoms with E-state index < -0.39 is 11.9 Å². The number of anilines is 1. The van der Waals surface area contributed by atoms with Gasteiger partial charge in [-0.15, -0.1) is 5.10 Å². The Morgan fingerprint density at radius 3 is 2.55 bits per heavy atom. The Balaban J connectivity index is 1.46. The van der Waals surface area contributed by atoms with E-state index in [0.29, 0.717) is 33.4 Å². The molecule has 0 bridgehead atoms. The highest BCUT2D eigenvalue weighted by molar-refractivity contribution is 6.04. The molecule has 0 spiro atoms. The van der Waals surface area contributed by atoms with Gasteiger partial charge in [-0.1, -0.05) is 42.2 Å². The van der Waals surface area contributed by atoms with Crippen molar-refractivity contribution in [3.63, 3.8) is 0 Å². The fraction of sp³-hybridized carbons (Fsp3) is 0.0909. The average molecular weight is 555 g/mol. The second-order valence-electron chi connectivity index (χ2n) is 9.64. The van der Waals surface area contributed by atoms with E-state index in [9.17, 15) is 9.59 Å². The molecule has 42 heavy (non-hydrogen) atoms. The molecule has 0 aliphatic rings. The normalized spacial score (nSPS) is 11.6. The van der Waals surface area contributed by atoms with Gasteiger partial charge in [0.1, 0.15) is 11.3 Å². The molecule has 1 unspecified atom stereocenters. The number of fused-ring (bicyclic) bond motifs is 2. The van der Waals surface area contributed by atoms with Crippen molar-refractivity contribution in [2.45, 2.75) is 13.0 Å². The number of methoxy groups -OCH3 is 1. The van der Waals surface area contributed by atoms with Gasteiger partial charge in [-0.2, -0.15) is 0 Å². The third-order valence-electron chi connectivity index (χ3n) is 6.96. The number of carbonyl (C=O) groups is 1. The molecule has 0 saturated heterocycles. The maximum atomic E-state index is 14.2. The summed E-state index contributed by atoms with van der Waals surface area (Å²) in [4.78, 5) is 31.9. The highest BCUT2D eigenvalue weighted by Gasteiger charge is 2.24. The fourth-order valence-electron chi connectivity index (χ4n) is 4.93. The van der Waals surface area contributed by atoms with Crippen LogP contribution in [0.5, 0.6) is 5.75 Å². The second-order valence-corrected chi connectivity index (χ2v) is 9.64. The molecule has 9 heteroatoms. The fourth-order valence-corrected chi connectivity index (χ4v) is 4.93. The number of pyridine rings is 1. The lowest BCUT2D eigenvalue weighted by atomic mass is 10.0. The Hall–Kier alpha value is -5.88. The van der Waals surface area contributed by atoms with Crippen molar-refractivity contribution >= 4 is 28.1 Å². The van der Waals surface area contributed by atoms with Crippen LogP contribution in [0, 0.1) is 11.8 Å². The van der Waals surface area contributed by atoms with Crippen LogP contribution < -0.4 is 21.3 Å². The first kappa shape index (κ1) is 26.3. The van der Waals surface area contributed by atoms with Gasteiger partial charge in [0.15, 0.2) is 11.5 Å². The van der Waals surface area contributed by atoms with E-state index >= 15 is 0 Å². The summed E-state index contributed by atoms with van der Waals surface area (Å²) in [5, 5.41) is 8.38. The van der Waals surface area contributed by atoms with Crippen molar-refractivity contribution in [1.82, 2.24) is 24.5 Å². The van der Waals surface area contributed by atoms with E-state index in [1.807, 2.05) is 85.8 Å². The Labute approximate surface area is 241 Å². The minimum absolute atomic E-state index is 0.0671. The number of hydrogen-bond donors (Lipinski definition) is 2. The van der Waals surface area contributed by atoms with E-state index in [4.69, 9.17) is 10.5 Å². The van der Waals surface area contributed by atoms with Crippen molar-refractivity contribution in [3.8, 4) is 23.3 Å². The molecule has 0 radical (unpaired) electrons. The zero-order chi connectivity index (χ0) is 29.2. The molecule has 3 N–H and O–H groups in total. The highest BCUT2D eigenvalue weighted by Crippen LogP contribution is 2.24. The number of amides is 1. The number of rotatable bonds is 5. The smallest absolute Gasteiger partial charge is 0.264 e. The van der Waals surface area contributed by atoms with Gasteiger partial charge in [-0.25, -0.2) is 9.50 Å². The topological polar surface area (TPSA) is 117 Å². The van der Waals surface area contributed by atoms with Crippen LogP contribution in [0.3, 0.4) is 0 Å². The lowest BCUT2D eigenvalue weighted by Crippen LogP contribution is -2.32. The number of benzene rings is 3. The summed E-state index contributed by atoms with van der Waals surface area (Å²) in [7, 11) is 1.61. The second kappa shape index (κ2) is 10.9. The van der Waals surface area contributed by atoms with Gasteiger partial charge in [0.05, 0.1) is 18.5 Å². The van der Waals surface area contributed by atoms with Gasteiger partial charge >= 0.3 is 0 Å². The number of hydrogen-bond acceptors (Lipinski definition) is 6.